The molecule has 3 nitrogen and oxygen atoms in total. The highest BCUT2D eigenvalue weighted by Crippen LogP contribution is 2.28. The molecule has 98 valence electrons. The van der Waals surface area contributed by atoms with E-state index in [0.717, 1.165) is 30.4 Å². The fourth-order valence-corrected chi connectivity index (χ4v) is 2.74. The van der Waals surface area contributed by atoms with Gasteiger partial charge in [0.25, 0.3) is 0 Å². The number of benzene rings is 1. The van der Waals surface area contributed by atoms with E-state index in [-0.39, 0.29) is 6.42 Å². The highest BCUT2D eigenvalue weighted by molar-refractivity contribution is 9.10. The van der Waals surface area contributed by atoms with Crippen LogP contribution in [-0.4, -0.2) is 35.6 Å². The van der Waals surface area contributed by atoms with Crippen molar-refractivity contribution in [1.82, 2.24) is 4.90 Å². The normalized spacial score (nSPS) is 17.8. The number of carboxylic acid groups (broad SMARTS) is 1. The minimum Gasteiger partial charge on any atom is -0.481 e. The zero-order chi connectivity index (χ0) is 13.0. The maximum Gasteiger partial charge on any atom is 0.304 e. The summed E-state index contributed by atoms with van der Waals surface area (Å²) in [5, 5.41) is 8.67. The number of hydrogen-bond donors (Lipinski definition) is 1. The second kappa shape index (κ2) is 6.34. The molecule has 0 aromatic heterocycles. The van der Waals surface area contributed by atoms with Gasteiger partial charge in [-0.3, -0.25) is 4.79 Å². The summed E-state index contributed by atoms with van der Waals surface area (Å²) in [7, 11) is 0. The van der Waals surface area contributed by atoms with Gasteiger partial charge >= 0.3 is 5.97 Å². The van der Waals surface area contributed by atoms with Gasteiger partial charge in [-0.1, -0.05) is 28.1 Å². The molecule has 1 aliphatic rings. The number of halogens is 1. The summed E-state index contributed by atoms with van der Waals surface area (Å²) in [4.78, 5) is 12.8. The van der Waals surface area contributed by atoms with Crippen LogP contribution in [0.3, 0.4) is 0 Å². The summed E-state index contributed by atoms with van der Waals surface area (Å²) in [6.07, 6.45) is 2.51. The van der Waals surface area contributed by atoms with E-state index in [2.05, 4.69) is 45.1 Å². The summed E-state index contributed by atoms with van der Waals surface area (Å²) in [5.74, 6) is -0.0794. The second-order valence-electron chi connectivity index (χ2n) is 4.81. The lowest BCUT2D eigenvalue weighted by Crippen LogP contribution is -2.34. The first-order chi connectivity index (χ1) is 8.65. The molecule has 0 amide bonds. The lowest BCUT2D eigenvalue weighted by atomic mass is 9.89. The highest BCUT2D eigenvalue weighted by Gasteiger charge is 2.20. The van der Waals surface area contributed by atoms with Crippen molar-refractivity contribution >= 4 is 21.9 Å². The average Bonchev–Trinajstić information content (AvgIpc) is 2.38. The zero-order valence-corrected chi connectivity index (χ0v) is 11.9. The number of nitrogens with zero attached hydrogens (tertiary/aromatic N) is 1. The molecule has 4 heteroatoms. The van der Waals surface area contributed by atoms with Crippen LogP contribution in [0.1, 0.15) is 30.7 Å². The van der Waals surface area contributed by atoms with Crippen LogP contribution in [0.2, 0.25) is 0 Å². The van der Waals surface area contributed by atoms with Gasteiger partial charge in [-0.25, -0.2) is 0 Å². The fraction of sp³-hybridized carbons (Fsp3) is 0.500. The Morgan fingerprint density at radius 1 is 1.28 bits per heavy atom. The molecular formula is C14H18BrNO2. The number of rotatable bonds is 4. The Morgan fingerprint density at radius 3 is 2.44 bits per heavy atom. The lowest BCUT2D eigenvalue weighted by Gasteiger charge is -2.31. The van der Waals surface area contributed by atoms with Gasteiger partial charge in [0.2, 0.25) is 0 Å². The van der Waals surface area contributed by atoms with E-state index in [4.69, 9.17) is 5.11 Å². The van der Waals surface area contributed by atoms with E-state index in [9.17, 15) is 4.79 Å². The van der Waals surface area contributed by atoms with Crippen LogP contribution in [0, 0.1) is 0 Å². The molecule has 0 radical (unpaired) electrons. The van der Waals surface area contributed by atoms with Gasteiger partial charge in [0.1, 0.15) is 0 Å². The van der Waals surface area contributed by atoms with Crippen molar-refractivity contribution < 1.29 is 9.90 Å². The monoisotopic (exact) mass is 311 g/mol. The number of aliphatic carboxylic acids is 1. The molecule has 0 spiro atoms. The second-order valence-corrected chi connectivity index (χ2v) is 5.73. The van der Waals surface area contributed by atoms with Gasteiger partial charge < -0.3 is 10.0 Å². The number of hydrogen-bond acceptors (Lipinski definition) is 2. The summed E-state index contributed by atoms with van der Waals surface area (Å²) < 4.78 is 1.12. The molecule has 1 saturated heterocycles. The third-order valence-electron chi connectivity index (χ3n) is 3.57. The summed E-state index contributed by atoms with van der Waals surface area (Å²) in [6.45, 7) is 2.70. The average molecular weight is 312 g/mol. The van der Waals surface area contributed by atoms with Crippen molar-refractivity contribution in [3.63, 3.8) is 0 Å². The first-order valence-electron chi connectivity index (χ1n) is 6.35. The Balaban J connectivity index is 1.83. The maximum atomic E-state index is 10.5. The van der Waals surface area contributed by atoms with Crippen molar-refractivity contribution in [3.05, 3.63) is 34.3 Å². The van der Waals surface area contributed by atoms with E-state index in [1.165, 1.54) is 5.56 Å². The molecule has 1 heterocycles. The van der Waals surface area contributed by atoms with E-state index in [1.807, 2.05) is 0 Å². The van der Waals surface area contributed by atoms with Gasteiger partial charge in [-0.2, -0.15) is 0 Å². The van der Waals surface area contributed by atoms with Crippen LogP contribution in [-0.2, 0) is 4.79 Å². The lowest BCUT2D eigenvalue weighted by molar-refractivity contribution is -0.137. The standard InChI is InChI=1S/C14H18BrNO2/c15-13-3-1-11(2-4-13)12-5-8-16(9-6-12)10-7-14(17)18/h1-4,12H,5-10H2,(H,17,18). The molecule has 0 unspecified atom stereocenters. The maximum absolute atomic E-state index is 10.5. The fourth-order valence-electron chi connectivity index (χ4n) is 2.48. The smallest absolute Gasteiger partial charge is 0.304 e. The molecule has 0 atom stereocenters. The van der Waals surface area contributed by atoms with Crippen molar-refractivity contribution in [2.24, 2.45) is 0 Å². The summed E-state index contributed by atoms with van der Waals surface area (Å²) in [5.41, 5.74) is 1.40. The quantitative estimate of drug-likeness (QED) is 0.929. The van der Waals surface area contributed by atoms with Gasteiger partial charge in [0, 0.05) is 11.0 Å². The largest absolute Gasteiger partial charge is 0.481 e. The molecule has 0 aliphatic carbocycles. The number of likely N-dealkylation sites (tertiary alicyclic amines) is 1. The number of carboxylic acids is 1. The molecule has 1 N–H and O–H groups in total. The van der Waals surface area contributed by atoms with Crippen molar-refractivity contribution in [3.8, 4) is 0 Å². The molecular weight excluding hydrogens is 294 g/mol. The summed E-state index contributed by atoms with van der Waals surface area (Å²) in [6, 6.07) is 8.54. The van der Waals surface area contributed by atoms with Crippen molar-refractivity contribution in [2.45, 2.75) is 25.2 Å². The number of carbonyl (C=O) groups is 1. The Bertz CT molecular complexity index is 397. The molecule has 18 heavy (non-hydrogen) atoms. The molecule has 1 aromatic carbocycles. The third kappa shape index (κ3) is 3.82. The predicted octanol–water partition coefficient (Wildman–Crippen LogP) is 3.10. The topological polar surface area (TPSA) is 40.5 Å². The van der Waals surface area contributed by atoms with Gasteiger partial charge in [-0.05, 0) is 49.5 Å². The first kappa shape index (κ1) is 13.6. The van der Waals surface area contributed by atoms with E-state index in [1.54, 1.807) is 0 Å². The van der Waals surface area contributed by atoms with Gasteiger partial charge in [0.05, 0.1) is 6.42 Å². The van der Waals surface area contributed by atoms with Gasteiger partial charge in [0.15, 0.2) is 0 Å². The predicted molar refractivity (Wildman–Crippen MR) is 74.8 cm³/mol. The first-order valence-corrected chi connectivity index (χ1v) is 7.14. The minimum absolute atomic E-state index is 0.253. The minimum atomic E-state index is -0.704. The van der Waals surface area contributed by atoms with Crippen molar-refractivity contribution in [2.75, 3.05) is 19.6 Å². The van der Waals surface area contributed by atoms with E-state index >= 15 is 0 Å². The number of piperidine rings is 1. The Morgan fingerprint density at radius 2 is 1.89 bits per heavy atom. The Labute approximate surface area is 116 Å². The molecule has 0 bridgehead atoms. The molecule has 0 saturated carbocycles. The van der Waals surface area contributed by atoms with E-state index < -0.39 is 5.97 Å². The Kier molecular flexibility index (Phi) is 4.78. The molecule has 1 fully saturated rings. The third-order valence-corrected chi connectivity index (χ3v) is 4.10. The van der Waals surface area contributed by atoms with Crippen LogP contribution < -0.4 is 0 Å². The summed E-state index contributed by atoms with van der Waals surface area (Å²) >= 11 is 3.45. The molecule has 2 rings (SSSR count). The van der Waals surface area contributed by atoms with E-state index in [0.29, 0.717) is 12.5 Å². The van der Waals surface area contributed by atoms with Crippen LogP contribution in [0.4, 0.5) is 0 Å². The zero-order valence-electron chi connectivity index (χ0n) is 10.3. The Hall–Kier alpha value is -0.870. The van der Waals surface area contributed by atoms with Crippen molar-refractivity contribution in [1.29, 1.82) is 0 Å². The van der Waals surface area contributed by atoms with Crippen LogP contribution in [0.5, 0.6) is 0 Å². The highest BCUT2D eigenvalue weighted by atomic mass is 79.9. The SMILES string of the molecule is O=C(O)CCN1CCC(c2ccc(Br)cc2)CC1. The molecule has 1 aliphatic heterocycles. The van der Waals surface area contributed by atoms with Crippen LogP contribution in [0.15, 0.2) is 28.7 Å². The van der Waals surface area contributed by atoms with Gasteiger partial charge in [-0.15, -0.1) is 0 Å². The van der Waals surface area contributed by atoms with Crippen LogP contribution in [0.25, 0.3) is 0 Å². The van der Waals surface area contributed by atoms with Crippen LogP contribution >= 0.6 is 15.9 Å². The molecule has 1 aromatic rings.